The maximum atomic E-state index is 13.0. The van der Waals surface area contributed by atoms with Crippen molar-refractivity contribution in [2.24, 2.45) is 14.1 Å². The number of hydrogen-bond acceptors (Lipinski definition) is 7. The molecule has 0 aliphatic carbocycles. The quantitative estimate of drug-likeness (QED) is 0.417. The molecule has 0 spiro atoms. The molecule has 3 aromatic rings. The van der Waals surface area contributed by atoms with E-state index in [0.29, 0.717) is 22.2 Å². The van der Waals surface area contributed by atoms with Gasteiger partial charge in [0.1, 0.15) is 16.2 Å². The summed E-state index contributed by atoms with van der Waals surface area (Å²) in [7, 11) is 4.57. The topological polar surface area (TPSA) is 99.3 Å². The Bertz CT molecular complexity index is 1310. The van der Waals surface area contributed by atoms with Crippen LogP contribution in [0.5, 0.6) is 5.75 Å². The van der Waals surface area contributed by atoms with Gasteiger partial charge >= 0.3 is 5.69 Å². The van der Waals surface area contributed by atoms with Crippen LogP contribution in [0.15, 0.2) is 38.9 Å². The number of thioether (sulfide) groups is 1. The predicted molar refractivity (Wildman–Crippen MR) is 128 cm³/mol. The van der Waals surface area contributed by atoms with Gasteiger partial charge in [-0.2, -0.15) is 0 Å². The molecular formula is C23H27N5O4S. The number of aryl methyl sites for hydroxylation is 1. The molecule has 2 aromatic heterocycles. The Balaban J connectivity index is 1.79. The zero-order valence-electron chi connectivity index (χ0n) is 19.0. The number of rotatable bonds is 5. The minimum atomic E-state index is -0.477. The number of methoxy groups -OCH3 is 1. The van der Waals surface area contributed by atoms with Crippen LogP contribution in [0.25, 0.3) is 22.4 Å². The normalized spacial score (nSPS) is 14.3. The number of fused-ring (bicyclic) bond motifs is 1. The molecule has 1 fully saturated rings. The van der Waals surface area contributed by atoms with Crippen LogP contribution in [-0.2, 0) is 18.9 Å². The first-order chi connectivity index (χ1) is 15.9. The van der Waals surface area contributed by atoms with Gasteiger partial charge in [-0.15, -0.1) is 0 Å². The second kappa shape index (κ2) is 9.78. The highest BCUT2D eigenvalue weighted by molar-refractivity contribution is 8.00. The van der Waals surface area contributed by atoms with Crippen LogP contribution in [0.3, 0.4) is 0 Å². The average molecular weight is 470 g/mol. The lowest BCUT2D eigenvalue weighted by Crippen LogP contribution is -2.38. The predicted octanol–water partition coefficient (Wildman–Crippen LogP) is 2.20. The summed E-state index contributed by atoms with van der Waals surface area (Å²) in [6.45, 7) is 1.52. The van der Waals surface area contributed by atoms with Gasteiger partial charge in [0.2, 0.25) is 5.91 Å². The van der Waals surface area contributed by atoms with Crippen molar-refractivity contribution in [3.8, 4) is 17.1 Å². The van der Waals surface area contributed by atoms with Crippen LogP contribution in [0.2, 0.25) is 0 Å². The lowest BCUT2D eigenvalue weighted by atomic mass is 10.2. The number of likely N-dealkylation sites (tertiary alicyclic amines) is 1. The van der Waals surface area contributed by atoms with Crippen LogP contribution >= 0.6 is 11.8 Å². The SMILES string of the molecule is COc1cccc(-c2nc(SCC(=O)N3CCCCCC3)c3c(=O)n(C)c(=O)n(C)c3n2)c1. The number of amides is 1. The van der Waals surface area contributed by atoms with Crippen molar-refractivity contribution >= 4 is 28.7 Å². The lowest BCUT2D eigenvalue weighted by molar-refractivity contribution is -0.128. The van der Waals surface area contributed by atoms with Crippen molar-refractivity contribution in [2.45, 2.75) is 30.7 Å². The van der Waals surface area contributed by atoms with Crippen molar-refractivity contribution in [3.05, 3.63) is 45.1 Å². The summed E-state index contributed by atoms with van der Waals surface area (Å²) in [4.78, 5) is 49.5. The van der Waals surface area contributed by atoms with Crippen molar-refractivity contribution in [1.82, 2.24) is 24.0 Å². The van der Waals surface area contributed by atoms with Gasteiger partial charge in [-0.05, 0) is 25.0 Å². The number of carbonyl (C=O) groups excluding carboxylic acids is 1. The van der Waals surface area contributed by atoms with E-state index in [2.05, 4.69) is 9.97 Å². The van der Waals surface area contributed by atoms with Crippen LogP contribution in [-0.4, -0.2) is 55.9 Å². The van der Waals surface area contributed by atoms with Gasteiger partial charge < -0.3 is 9.64 Å². The monoisotopic (exact) mass is 469 g/mol. The molecular weight excluding hydrogens is 442 g/mol. The highest BCUT2D eigenvalue weighted by Crippen LogP contribution is 2.28. The fourth-order valence-electron chi connectivity index (χ4n) is 3.97. The van der Waals surface area contributed by atoms with E-state index in [1.807, 2.05) is 23.1 Å². The molecule has 0 atom stereocenters. The maximum Gasteiger partial charge on any atom is 0.332 e. The summed E-state index contributed by atoms with van der Waals surface area (Å²) >= 11 is 1.21. The van der Waals surface area contributed by atoms with Crippen LogP contribution in [0, 0.1) is 0 Å². The second-order valence-corrected chi connectivity index (χ2v) is 9.04. The van der Waals surface area contributed by atoms with Gasteiger partial charge in [-0.1, -0.05) is 36.7 Å². The average Bonchev–Trinajstić information content (AvgIpc) is 3.14. The first kappa shape index (κ1) is 23.0. The molecule has 4 rings (SSSR count). The third-order valence-electron chi connectivity index (χ3n) is 5.89. The van der Waals surface area contributed by atoms with E-state index in [1.54, 1.807) is 20.2 Å². The second-order valence-electron chi connectivity index (χ2n) is 8.07. The number of ether oxygens (including phenoxy) is 1. The first-order valence-corrected chi connectivity index (χ1v) is 11.9. The Morgan fingerprint density at radius 2 is 1.79 bits per heavy atom. The van der Waals surface area contributed by atoms with E-state index in [9.17, 15) is 14.4 Å². The van der Waals surface area contributed by atoms with Crippen molar-refractivity contribution < 1.29 is 9.53 Å². The van der Waals surface area contributed by atoms with Crippen LogP contribution < -0.4 is 16.0 Å². The molecule has 3 heterocycles. The molecule has 0 radical (unpaired) electrons. The van der Waals surface area contributed by atoms with Crippen LogP contribution in [0.1, 0.15) is 25.7 Å². The number of hydrogen-bond donors (Lipinski definition) is 0. The van der Waals surface area contributed by atoms with Gasteiger partial charge in [0.15, 0.2) is 11.5 Å². The van der Waals surface area contributed by atoms with Gasteiger partial charge in [0, 0.05) is 32.7 Å². The summed E-state index contributed by atoms with van der Waals surface area (Å²) in [5.74, 6) is 1.18. The minimum Gasteiger partial charge on any atom is -0.497 e. The molecule has 10 heteroatoms. The van der Waals surface area contributed by atoms with E-state index in [-0.39, 0.29) is 22.7 Å². The smallest absolute Gasteiger partial charge is 0.332 e. The fourth-order valence-corrected chi connectivity index (χ4v) is 4.88. The molecule has 1 amide bonds. The minimum absolute atomic E-state index is 0.0261. The third-order valence-corrected chi connectivity index (χ3v) is 6.85. The van der Waals surface area contributed by atoms with Gasteiger partial charge in [-0.25, -0.2) is 14.8 Å². The highest BCUT2D eigenvalue weighted by Gasteiger charge is 2.21. The van der Waals surface area contributed by atoms with Crippen molar-refractivity contribution in [3.63, 3.8) is 0 Å². The van der Waals surface area contributed by atoms with E-state index in [1.165, 1.54) is 23.4 Å². The Morgan fingerprint density at radius 1 is 1.06 bits per heavy atom. The molecule has 174 valence electrons. The Morgan fingerprint density at radius 3 is 2.48 bits per heavy atom. The molecule has 0 unspecified atom stereocenters. The summed E-state index contributed by atoms with van der Waals surface area (Å²) in [6, 6.07) is 7.25. The Labute approximate surface area is 195 Å². The number of aromatic nitrogens is 4. The highest BCUT2D eigenvalue weighted by atomic mass is 32.2. The number of nitrogens with zero attached hydrogens (tertiary/aromatic N) is 5. The summed E-state index contributed by atoms with van der Waals surface area (Å²) in [5.41, 5.74) is -0.0277. The first-order valence-electron chi connectivity index (χ1n) is 10.9. The summed E-state index contributed by atoms with van der Waals surface area (Å²) in [6.07, 6.45) is 4.30. The number of benzene rings is 1. The van der Waals surface area contributed by atoms with Crippen molar-refractivity contribution in [2.75, 3.05) is 26.0 Å². The molecule has 33 heavy (non-hydrogen) atoms. The standard InChI is InChI=1S/C23H27N5O4S/c1-26-20-18(22(30)27(2)23(26)31)21(33-14-17(29)28-11-6-4-5-7-12-28)25-19(24-20)15-9-8-10-16(13-15)32-3/h8-10,13H,4-7,11-12,14H2,1-3H3. The van der Waals surface area contributed by atoms with E-state index in [4.69, 9.17) is 4.74 Å². The third kappa shape index (κ3) is 4.66. The van der Waals surface area contributed by atoms with E-state index in [0.717, 1.165) is 43.3 Å². The van der Waals surface area contributed by atoms with Gasteiger partial charge in [-0.3, -0.25) is 18.7 Å². The summed E-state index contributed by atoms with van der Waals surface area (Å²) in [5, 5.41) is 0.622. The maximum absolute atomic E-state index is 13.0. The molecule has 0 saturated carbocycles. The van der Waals surface area contributed by atoms with Crippen LogP contribution in [0.4, 0.5) is 0 Å². The fraction of sp³-hybridized carbons (Fsp3) is 0.435. The zero-order chi connectivity index (χ0) is 23.5. The molecule has 1 aliphatic rings. The van der Waals surface area contributed by atoms with E-state index >= 15 is 0 Å². The van der Waals surface area contributed by atoms with Crippen molar-refractivity contribution in [1.29, 1.82) is 0 Å². The van der Waals surface area contributed by atoms with E-state index < -0.39 is 11.2 Å². The molecule has 1 aliphatic heterocycles. The molecule has 1 aromatic carbocycles. The largest absolute Gasteiger partial charge is 0.497 e. The van der Waals surface area contributed by atoms with Gasteiger partial charge in [0.05, 0.1) is 12.9 Å². The van der Waals surface area contributed by atoms with Gasteiger partial charge in [0.25, 0.3) is 5.56 Å². The molecule has 9 nitrogen and oxygen atoms in total. The Hall–Kier alpha value is -3.14. The Kier molecular flexibility index (Phi) is 6.83. The molecule has 0 N–H and O–H groups in total. The summed E-state index contributed by atoms with van der Waals surface area (Å²) < 4.78 is 7.68. The number of carbonyl (C=O) groups is 1. The lowest BCUT2D eigenvalue weighted by Gasteiger charge is -2.20. The molecule has 1 saturated heterocycles. The zero-order valence-corrected chi connectivity index (χ0v) is 19.9. The molecule has 0 bridgehead atoms.